The number of rotatable bonds is 4. The number of hydrogen-bond donors (Lipinski definition) is 0. The number of carbonyl (C=O) groups is 3. The molecule has 0 bridgehead atoms. The number of methoxy groups -OCH3 is 1. The fourth-order valence-corrected chi connectivity index (χ4v) is 4.74. The van der Waals surface area contributed by atoms with Gasteiger partial charge in [0.15, 0.2) is 0 Å². The predicted molar refractivity (Wildman–Crippen MR) is 116 cm³/mol. The van der Waals surface area contributed by atoms with Crippen molar-refractivity contribution in [3.05, 3.63) is 54.4 Å². The predicted octanol–water partition coefficient (Wildman–Crippen LogP) is 0.343. The summed E-state index contributed by atoms with van der Waals surface area (Å²) in [4.78, 5) is 76.6. The molecular weight excluding hydrogens is 475 g/mol. The minimum absolute atomic E-state index is 0.363. The molecule has 2 aromatic rings. The van der Waals surface area contributed by atoms with Gasteiger partial charge >= 0.3 is 23.0 Å². The summed E-state index contributed by atoms with van der Waals surface area (Å²) < 4.78 is 20.9. The molecule has 1 aromatic carbocycles. The fourth-order valence-electron chi connectivity index (χ4n) is 4.50. The van der Waals surface area contributed by atoms with E-state index in [0.29, 0.717) is 26.5 Å². The quantitative estimate of drug-likeness (QED) is 0.442. The molecule has 2 amide bonds. The number of benzene rings is 1. The lowest BCUT2D eigenvalue weighted by atomic mass is 9.81. The van der Waals surface area contributed by atoms with E-state index in [1.807, 2.05) is 0 Å². The molecular formula is C21H20ClFN4O7. The summed E-state index contributed by atoms with van der Waals surface area (Å²) in [6.07, 6.45) is 2.56. The van der Waals surface area contributed by atoms with E-state index in [2.05, 4.69) is 4.74 Å². The number of anilines is 1. The van der Waals surface area contributed by atoms with Gasteiger partial charge in [-0.25, -0.2) is 37.4 Å². The molecule has 11 nitrogen and oxygen atoms in total. The van der Waals surface area contributed by atoms with Crippen LogP contribution in [0.1, 0.15) is 25.7 Å². The Morgan fingerprint density at radius 2 is 1.59 bits per heavy atom. The highest BCUT2D eigenvalue weighted by atomic mass is 35.5. The fraction of sp³-hybridized carbons (Fsp3) is 0.429. The maximum Gasteiger partial charge on any atom is 0.341 e. The first-order valence-electron chi connectivity index (χ1n) is 10.5. The second kappa shape index (κ2) is 8.67. The van der Waals surface area contributed by atoms with Crippen molar-refractivity contribution in [3.8, 4) is 5.69 Å². The van der Waals surface area contributed by atoms with E-state index in [4.69, 9.17) is 11.6 Å². The number of amides is 2. The summed E-state index contributed by atoms with van der Waals surface area (Å²) in [7, 11) is 2.13. The third kappa shape index (κ3) is 3.58. The van der Waals surface area contributed by atoms with Gasteiger partial charge in [0, 0.05) is 7.05 Å². The molecule has 1 aliphatic carbocycles. The standard InChI is InChI=1S/C21H20ClFN4O7/c1-24-19(31)25(9-16(28)34-2)21(33)27(20(24)32)14-8-15(13(23)7-12(14)22)26-17(29)10-5-3-4-6-11(10)18(26)30/h7-8,10-11H,3-6,9H2,1-2H3. The van der Waals surface area contributed by atoms with Crippen LogP contribution in [0.25, 0.3) is 5.69 Å². The SMILES string of the molecule is COC(=O)Cn1c(=O)n(C)c(=O)n(-c2cc(N3C(=O)C4CCCCC4C3=O)c(F)cc2Cl)c1=O. The molecule has 0 N–H and O–H groups in total. The van der Waals surface area contributed by atoms with Crippen LogP contribution < -0.4 is 22.0 Å². The average Bonchev–Trinajstić information content (AvgIpc) is 3.07. The van der Waals surface area contributed by atoms with E-state index < -0.39 is 64.7 Å². The molecule has 2 aliphatic rings. The maximum atomic E-state index is 14.9. The Bertz CT molecular complexity index is 1390. The molecule has 2 fully saturated rings. The highest BCUT2D eigenvalue weighted by Crippen LogP contribution is 2.41. The lowest BCUT2D eigenvalue weighted by molar-refractivity contribution is -0.141. The normalized spacial score (nSPS) is 19.9. The summed E-state index contributed by atoms with van der Waals surface area (Å²) >= 11 is 6.14. The Hall–Kier alpha value is -3.54. The third-order valence-electron chi connectivity index (χ3n) is 6.27. The zero-order chi connectivity index (χ0) is 24.9. The van der Waals surface area contributed by atoms with Crippen molar-refractivity contribution < 1.29 is 23.5 Å². The number of hydrogen-bond acceptors (Lipinski definition) is 7. The Balaban J connectivity index is 1.92. The number of carbonyl (C=O) groups excluding carboxylic acids is 3. The summed E-state index contributed by atoms with van der Waals surface area (Å²) in [5.74, 6) is -4.15. The van der Waals surface area contributed by atoms with Crippen LogP contribution in [0, 0.1) is 17.7 Å². The zero-order valence-corrected chi connectivity index (χ0v) is 19.0. The van der Waals surface area contributed by atoms with Crippen LogP contribution in [0.2, 0.25) is 5.02 Å². The van der Waals surface area contributed by atoms with Crippen molar-refractivity contribution in [3.63, 3.8) is 0 Å². The van der Waals surface area contributed by atoms with Crippen LogP contribution in [0.5, 0.6) is 0 Å². The highest BCUT2D eigenvalue weighted by Gasteiger charge is 2.49. The van der Waals surface area contributed by atoms with Crippen LogP contribution in [0.15, 0.2) is 26.5 Å². The van der Waals surface area contributed by atoms with Crippen molar-refractivity contribution in [1.82, 2.24) is 13.7 Å². The molecule has 2 heterocycles. The van der Waals surface area contributed by atoms with Gasteiger partial charge in [-0.3, -0.25) is 14.4 Å². The van der Waals surface area contributed by atoms with Gasteiger partial charge in [0.25, 0.3) is 0 Å². The van der Waals surface area contributed by atoms with E-state index >= 15 is 0 Å². The molecule has 13 heteroatoms. The van der Waals surface area contributed by atoms with Gasteiger partial charge < -0.3 is 4.74 Å². The molecule has 1 saturated heterocycles. The number of imide groups is 1. The maximum absolute atomic E-state index is 14.9. The van der Waals surface area contributed by atoms with Gasteiger partial charge in [-0.05, 0) is 25.0 Å². The third-order valence-corrected chi connectivity index (χ3v) is 6.58. The van der Waals surface area contributed by atoms with Crippen LogP contribution in [0.3, 0.4) is 0 Å². The molecule has 1 saturated carbocycles. The van der Waals surface area contributed by atoms with Gasteiger partial charge in [0.2, 0.25) is 11.8 Å². The second-order valence-electron chi connectivity index (χ2n) is 8.17. The molecule has 2 atom stereocenters. The summed E-state index contributed by atoms with van der Waals surface area (Å²) in [5, 5.41) is -0.389. The van der Waals surface area contributed by atoms with E-state index in [-0.39, 0.29) is 10.7 Å². The van der Waals surface area contributed by atoms with Crippen molar-refractivity contribution in [1.29, 1.82) is 0 Å². The Labute approximate surface area is 195 Å². The van der Waals surface area contributed by atoms with Crippen LogP contribution >= 0.6 is 11.6 Å². The van der Waals surface area contributed by atoms with Gasteiger partial charge in [-0.2, -0.15) is 0 Å². The molecule has 0 spiro atoms. The van der Waals surface area contributed by atoms with Gasteiger partial charge in [0.05, 0.1) is 35.3 Å². The molecule has 4 rings (SSSR count). The largest absolute Gasteiger partial charge is 0.468 e. The van der Waals surface area contributed by atoms with E-state index in [0.717, 1.165) is 44.0 Å². The molecule has 2 unspecified atom stereocenters. The first-order valence-corrected chi connectivity index (χ1v) is 10.8. The first kappa shape index (κ1) is 23.6. The Morgan fingerprint density at radius 1 is 1.00 bits per heavy atom. The minimum atomic E-state index is -1.23. The first-order chi connectivity index (χ1) is 16.1. The van der Waals surface area contributed by atoms with Crippen LogP contribution in [0.4, 0.5) is 10.1 Å². The van der Waals surface area contributed by atoms with Crippen molar-refractivity contribution in [2.45, 2.75) is 32.2 Å². The van der Waals surface area contributed by atoms with Crippen molar-refractivity contribution >= 4 is 35.1 Å². The van der Waals surface area contributed by atoms with Crippen molar-refractivity contribution in [2.75, 3.05) is 12.0 Å². The van der Waals surface area contributed by atoms with Crippen molar-refractivity contribution in [2.24, 2.45) is 18.9 Å². The Kier molecular flexibility index (Phi) is 6.02. The monoisotopic (exact) mass is 494 g/mol. The van der Waals surface area contributed by atoms with Crippen LogP contribution in [-0.2, 0) is 32.7 Å². The number of fused-ring (bicyclic) bond motifs is 1. The molecule has 1 aromatic heterocycles. The van der Waals surface area contributed by atoms with E-state index in [1.165, 1.54) is 0 Å². The minimum Gasteiger partial charge on any atom is -0.468 e. The lowest BCUT2D eigenvalue weighted by Crippen LogP contribution is -2.54. The number of esters is 1. The number of nitrogens with zero attached hydrogens (tertiary/aromatic N) is 4. The molecule has 180 valence electrons. The lowest BCUT2D eigenvalue weighted by Gasteiger charge is -2.19. The Morgan fingerprint density at radius 3 is 2.15 bits per heavy atom. The van der Waals surface area contributed by atoms with Crippen LogP contribution in [-0.4, -0.2) is 38.6 Å². The second-order valence-corrected chi connectivity index (χ2v) is 8.58. The average molecular weight is 495 g/mol. The molecule has 0 radical (unpaired) electrons. The summed E-state index contributed by atoms with van der Waals surface area (Å²) in [5.41, 5.74) is -4.25. The summed E-state index contributed by atoms with van der Waals surface area (Å²) in [6, 6.07) is 1.72. The van der Waals surface area contributed by atoms with E-state index in [1.54, 1.807) is 0 Å². The highest BCUT2D eigenvalue weighted by molar-refractivity contribution is 6.32. The van der Waals surface area contributed by atoms with Gasteiger partial charge in [-0.1, -0.05) is 24.4 Å². The number of aromatic nitrogens is 3. The number of halogens is 2. The zero-order valence-electron chi connectivity index (χ0n) is 18.2. The molecule has 1 aliphatic heterocycles. The molecule has 34 heavy (non-hydrogen) atoms. The number of ether oxygens (including phenoxy) is 1. The van der Waals surface area contributed by atoms with Gasteiger partial charge in [-0.15, -0.1) is 0 Å². The van der Waals surface area contributed by atoms with E-state index in [9.17, 15) is 33.2 Å². The topological polar surface area (TPSA) is 130 Å². The van der Waals surface area contributed by atoms with Gasteiger partial charge in [0.1, 0.15) is 12.4 Å². The summed E-state index contributed by atoms with van der Waals surface area (Å²) in [6.45, 7) is -0.791. The smallest absolute Gasteiger partial charge is 0.341 e.